The molecule has 1 aromatic heterocycles. The second-order valence-corrected chi connectivity index (χ2v) is 6.05. The van der Waals surface area contributed by atoms with Crippen LogP contribution in [0.1, 0.15) is 11.1 Å². The Balaban J connectivity index is 1.65. The highest BCUT2D eigenvalue weighted by atomic mass is 79.9. The van der Waals surface area contributed by atoms with E-state index in [1.165, 1.54) is 0 Å². The molecule has 0 fully saturated rings. The molecule has 0 saturated carbocycles. The SMILES string of the molecule is Cc1ccc(CC(=O)Nc2nnc(-c3ccc(Br)cc3)o2)cc1. The maximum absolute atomic E-state index is 12.0. The van der Waals surface area contributed by atoms with Crippen molar-refractivity contribution in [2.24, 2.45) is 0 Å². The average molecular weight is 372 g/mol. The van der Waals surface area contributed by atoms with Crippen LogP contribution in [-0.4, -0.2) is 16.1 Å². The molecule has 0 unspecified atom stereocenters. The number of rotatable bonds is 4. The van der Waals surface area contributed by atoms with Crippen molar-refractivity contribution in [1.82, 2.24) is 10.2 Å². The van der Waals surface area contributed by atoms with Crippen molar-refractivity contribution in [1.29, 1.82) is 0 Å². The molecule has 23 heavy (non-hydrogen) atoms. The van der Waals surface area contributed by atoms with Crippen molar-refractivity contribution in [3.63, 3.8) is 0 Å². The Labute approximate surface area is 141 Å². The van der Waals surface area contributed by atoms with Crippen molar-refractivity contribution in [3.05, 3.63) is 64.1 Å². The number of nitrogens with zero attached hydrogens (tertiary/aromatic N) is 2. The first-order valence-corrected chi connectivity index (χ1v) is 7.84. The zero-order chi connectivity index (χ0) is 16.2. The van der Waals surface area contributed by atoms with Gasteiger partial charge in [0.1, 0.15) is 0 Å². The van der Waals surface area contributed by atoms with Gasteiger partial charge in [-0.3, -0.25) is 10.1 Å². The summed E-state index contributed by atoms with van der Waals surface area (Å²) in [6.45, 7) is 2.01. The number of carbonyl (C=O) groups is 1. The molecule has 0 aliphatic heterocycles. The monoisotopic (exact) mass is 371 g/mol. The highest BCUT2D eigenvalue weighted by Gasteiger charge is 2.11. The third kappa shape index (κ3) is 4.04. The number of benzene rings is 2. The molecule has 1 amide bonds. The molecule has 2 aromatic carbocycles. The molecule has 0 radical (unpaired) electrons. The Kier molecular flexibility index (Phi) is 4.52. The summed E-state index contributed by atoms with van der Waals surface area (Å²) in [6.07, 6.45) is 0.260. The van der Waals surface area contributed by atoms with Crippen LogP contribution < -0.4 is 5.32 Å². The molecule has 0 spiro atoms. The fourth-order valence-corrected chi connectivity index (χ4v) is 2.30. The van der Waals surface area contributed by atoms with Crippen LogP contribution in [0.15, 0.2) is 57.4 Å². The molecule has 6 heteroatoms. The summed E-state index contributed by atoms with van der Waals surface area (Å²) in [4.78, 5) is 12.0. The summed E-state index contributed by atoms with van der Waals surface area (Å²) >= 11 is 3.37. The molecule has 0 atom stereocenters. The molecule has 0 bridgehead atoms. The van der Waals surface area contributed by atoms with Crippen LogP contribution in [0, 0.1) is 6.92 Å². The second-order valence-electron chi connectivity index (χ2n) is 5.13. The number of aromatic nitrogens is 2. The van der Waals surface area contributed by atoms with Crippen LogP contribution in [0.2, 0.25) is 0 Å². The highest BCUT2D eigenvalue weighted by Crippen LogP contribution is 2.22. The minimum absolute atomic E-state index is 0.0973. The van der Waals surface area contributed by atoms with E-state index in [-0.39, 0.29) is 18.3 Å². The second kappa shape index (κ2) is 6.75. The van der Waals surface area contributed by atoms with Gasteiger partial charge in [-0.15, -0.1) is 5.10 Å². The number of anilines is 1. The van der Waals surface area contributed by atoms with Crippen molar-refractivity contribution >= 4 is 27.9 Å². The topological polar surface area (TPSA) is 68.0 Å². The lowest BCUT2D eigenvalue weighted by atomic mass is 10.1. The van der Waals surface area contributed by atoms with Gasteiger partial charge in [0.15, 0.2) is 0 Å². The number of hydrogen-bond acceptors (Lipinski definition) is 4. The average Bonchev–Trinajstić information content (AvgIpc) is 2.98. The van der Waals surface area contributed by atoms with Crippen LogP contribution in [0.4, 0.5) is 6.01 Å². The van der Waals surface area contributed by atoms with Gasteiger partial charge in [-0.2, -0.15) is 0 Å². The fraction of sp³-hybridized carbons (Fsp3) is 0.118. The minimum Gasteiger partial charge on any atom is -0.403 e. The number of halogens is 1. The third-order valence-electron chi connectivity index (χ3n) is 3.25. The Bertz CT molecular complexity index is 811. The van der Waals surface area contributed by atoms with Crippen molar-refractivity contribution in [2.45, 2.75) is 13.3 Å². The van der Waals surface area contributed by atoms with E-state index in [1.807, 2.05) is 55.5 Å². The number of hydrogen-bond donors (Lipinski definition) is 1. The van der Waals surface area contributed by atoms with Gasteiger partial charge in [0.2, 0.25) is 11.8 Å². The summed E-state index contributed by atoms with van der Waals surface area (Å²) in [5.74, 6) is 0.169. The Hall–Kier alpha value is -2.47. The quantitative estimate of drug-likeness (QED) is 0.752. The van der Waals surface area contributed by atoms with E-state index >= 15 is 0 Å². The molecule has 3 rings (SSSR count). The van der Waals surface area contributed by atoms with E-state index in [9.17, 15) is 4.79 Å². The van der Waals surface area contributed by atoms with E-state index in [0.717, 1.165) is 21.2 Å². The molecular weight excluding hydrogens is 358 g/mol. The van der Waals surface area contributed by atoms with Gasteiger partial charge in [0.25, 0.3) is 0 Å². The number of amides is 1. The molecule has 116 valence electrons. The maximum Gasteiger partial charge on any atom is 0.322 e. The van der Waals surface area contributed by atoms with Gasteiger partial charge in [0.05, 0.1) is 6.42 Å². The summed E-state index contributed by atoms with van der Waals surface area (Å²) < 4.78 is 6.43. The zero-order valence-electron chi connectivity index (χ0n) is 12.4. The van der Waals surface area contributed by atoms with Gasteiger partial charge in [-0.25, -0.2) is 0 Å². The third-order valence-corrected chi connectivity index (χ3v) is 3.78. The lowest BCUT2D eigenvalue weighted by Gasteiger charge is -2.01. The lowest BCUT2D eigenvalue weighted by Crippen LogP contribution is -2.14. The normalized spacial score (nSPS) is 10.5. The molecule has 0 aliphatic carbocycles. The predicted octanol–water partition coefficient (Wildman–Crippen LogP) is 3.99. The first-order valence-electron chi connectivity index (χ1n) is 7.05. The largest absolute Gasteiger partial charge is 0.403 e. The molecule has 1 heterocycles. The van der Waals surface area contributed by atoms with Crippen molar-refractivity contribution in [2.75, 3.05) is 5.32 Å². The Morgan fingerprint density at radius 2 is 1.78 bits per heavy atom. The van der Waals surface area contributed by atoms with E-state index in [4.69, 9.17) is 4.42 Å². The predicted molar refractivity (Wildman–Crippen MR) is 90.9 cm³/mol. The number of aryl methyl sites for hydroxylation is 1. The molecule has 0 saturated heterocycles. The Morgan fingerprint density at radius 3 is 2.48 bits per heavy atom. The minimum atomic E-state index is -0.195. The lowest BCUT2D eigenvalue weighted by molar-refractivity contribution is -0.115. The summed E-state index contributed by atoms with van der Waals surface area (Å²) in [7, 11) is 0. The van der Waals surface area contributed by atoms with Crippen LogP contribution in [0.25, 0.3) is 11.5 Å². The van der Waals surface area contributed by atoms with Crippen molar-refractivity contribution < 1.29 is 9.21 Å². The summed E-state index contributed by atoms with van der Waals surface area (Å²) in [5.41, 5.74) is 2.88. The Morgan fingerprint density at radius 1 is 1.09 bits per heavy atom. The van der Waals surface area contributed by atoms with Gasteiger partial charge >= 0.3 is 6.01 Å². The summed E-state index contributed by atoms with van der Waals surface area (Å²) in [5, 5.41) is 10.4. The smallest absolute Gasteiger partial charge is 0.322 e. The van der Waals surface area contributed by atoms with Crippen LogP contribution in [0.3, 0.4) is 0 Å². The van der Waals surface area contributed by atoms with Gasteiger partial charge < -0.3 is 4.42 Å². The first-order chi connectivity index (χ1) is 11.1. The van der Waals surface area contributed by atoms with Gasteiger partial charge in [0, 0.05) is 10.0 Å². The molecule has 5 nitrogen and oxygen atoms in total. The molecule has 1 N–H and O–H groups in total. The number of carbonyl (C=O) groups excluding carboxylic acids is 1. The summed E-state index contributed by atoms with van der Waals surface area (Å²) in [6, 6.07) is 15.4. The zero-order valence-corrected chi connectivity index (χ0v) is 14.0. The molecule has 3 aromatic rings. The molecule has 0 aliphatic rings. The molecular formula is C17H14BrN3O2. The first kappa shape index (κ1) is 15.4. The number of nitrogens with one attached hydrogen (secondary N) is 1. The highest BCUT2D eigenvalue weighted by molar-refractivity contribution is 9.10. The van der Waals surface area contributed by atoms with E-state index in [1.54, 1.807) is 0 Å². The van der Waals surface area contributed by atoms with E-state index < -0.39 is 0 Å². The van der Waals surface area contributed by atoms with Crippen LogP contribution in [-0.2, 0) is 11.2 Å². The van der Waals surface area contributed by atoms with Crippen LogP contribution in [0.5, 0.6) is 0 Å². The van der Waals surface area contributed by atoms with E-state index in [2.05, 4.69) is 31.4 Å². The van der Waals surface area contributed by atoms with Gasteiger partial charge in [-0.05, 0) is 36.8 Å². The van der Waals surface area contributed by atoms with Gasteiger partial charge in [-0.1, -0.05) is 50.9 Å². The van der Waals surface area contributed by atoms with Crippen molar-refractivity contribution in [3.8, 4) is 11.5 Å². The standard InChI is InChI=1S/C17H14BrN3O2/c1-11-2-4-12(5-3-11)10-15(22)19-17-21-20-16(23-17)13-6-8-14(18)9-7-13/h2-9H,10H2,1H3,(H,19,21,22). The van der Waals surface area contributed by atoms with E-state index in [0.29, 0.717) is 5.89 Å². The fourth-order valence-electron chi connectivity index (χ4n) is 2.04. The van der Waals surface area contributed by atoms with Crippen LogP contribution >= 0.6 is 15.9 Å². The maximum atomic E-state index is 12.0.